The molecule has 27 heavy (non-hydrogen) atoms. The number of carbonyl (C=O) groups excluding carboxylic acids is 2. The molecule has 2 aromatic carbocycles. The van der Waals surface area contributed by atoms with Crippen LogP contribution in [0.15, 0.2) is 48.5 Å². The van der Waals surface area contributed by atoms with E-state index >= 15 is 0 Å². The number of methoxy groups -OCH3 is 1. The molecule has 0 fully saturated rings. The van der Waals surface area contributed by atoms with Gasteiger partial charge in [0.05, 0.1) is 13.7 Å². The number of fused-ring (bicyclic) bond motifs is 1. The first kappa shape index (κ1) is 18.6. The summed E-state index contributed by atoms with van der Waals surface area (Å²) in [6, 6.07) is 14.9. The van der Waals surface area contributed by atoms with Crippen molar-refractivity contribution >= 4 is 11.8 Å². The topological polar surface area (TPSA) is 85.9 Å². The molecule has 0 bridgehead atoms. The molecular weight excluding hydrogens is 348 g/mol. The molecular formula is C20H22N2O5. The van der Waals surface area contributed by atoms with Crippen molar-refractivity contribution in [2.24, 2.45) is 0 Å². The third-order valence-corrected chi connectivity index (χ3v) is 4.12. The summed E-state index contributed by atoms with van der Waals surface area (Å²) in [5.41, 5.74) is 1.04. The molecule has 0 aliphatic carbocycles. The molecule has 0 radical (unpaired) electrons. The lowest BCUT2D eigenvalue weighted by Crippen LogP contribution is -2.46. The number of hydrogen-bond donors (Lipinski definition) is 2. The van der Waals surface area contributed by atoms with Gasteiger partial charge < -0.3 is 24.8 Å². The summed E-state index contributed by atoms with van der Waals surface area (Å²) < 4.78 is 16.4. The summed E-state index contributed by atoms with van der Waals surface area (Å²) in [6.07, 6.45) is 0.287. The van der Waals surface area contributed by atoms with Crippen LogP contribution in [0.4, 0.5) is 0 Å². The highest BCUT2D eigenvalue weighted by Gasteiger charge is 2.22. The number of amides is 2. The van der Waals surface area contributed by atoms with Gasteiger partial charge in [0.1, 0.15) is 18.5 Å². The number of benzene rings is 2. The SMILES string of the molecule is COc1ccc(CCNC(=O)C(=O)NCC2COc3ccccc3O2)cc1. The van der Waals surface area contributed by atoms with Gasteiger partial charge in [0, 0.05) is 6.54 Å². The fraction of sp³-hybridized carbons (Fsp3) is 0.300. The summed E-state index contributed by atoms with van der Waals surface area (Å²) in [4.78, 5) is 23.8. The highest BCUT2D eigenvalue weighted by molar-refractivity contribution is 6.35. The fourth-order valence-corrected chi connectivity index (χ4v) is 2.64. The Balaban J connectivity index is 1.37. The van der Waals surface area contributed by atoms with Gasteiger partial charge >= 0.3 is 11.8 Å². The number of carbonyl (C=O) groups is 2. The molecule has 2 amide bonds. The second-order valence-electron chi connectivity index (χ2n) is 6.06. The molecule has 1 unspecified atom stereocenters. The molecule has 7 nitrogen and oxygen atoms in total. The Morgan fingerprint density at radius 2 is 1.74 bits per heavy atom. The van der Waals surface area contributed by atoms with E-state index in [0.717, 1.165) is 11.3 Å². The maximum Gasteiger partial charge on any atom is 0.309 e. The Hall–Kier alpha value is -3.22. The predicted molar refractivity (Wildman–Crippen MR) is 99.1 cm³/mol. The number of ether oxygens (including phenoxy) is 3. The van der Waals surface area contributed by atoms with E-state index in [1.54, 1.807) is 13.2 Å². The van der Waals surface area contributed by atoms with Gasteiger partial charge in [-0.3, -0.25) is 9.59 Å². The van der Waals surface area contributed by atoms with Crippen LogP contribution < -0.4 is 24.8 Å². The van der Waals surface area contributed by atoms with Crippen molar-refractivity contribution in [1.82, 2.24) is 10.6 Å². The first-order chi connectivity index (χ1) is 13.2. The third kappa shape index (κ3) is 5.13. The van der Waals surface area contributed by atoms with Crippen LogP contribution in [0.25, 0.3) is 0 Å². The normalized spacial score (nSPS) is 14.9. The smallest absolute Gasteiger partial charge is 0.309 e. The van der Waals surface area contributed by atoms with Crippen LogP contribution >= 0.6 is 0 Å². The summed E-state index contributed by atoms with van der Waals surface area (Å²) >= 11 is 0. The molecule has 3 rings (SSSR count). The number of hydrogen-bond acceptors (Lipinski definition) is 5. The quantitative estimate of drug-likeness (QED) is 0.749. The van der Waals surface area contributed by atoms with E-state index in [4.69, 9.17) is 14.2 Å². The van der Waals surface area contributed by atoms with Crippen LogP contribution in [0.1, 0.15) is 5.56 Å². The molecule has 2 aromatic rings. The lowest BCUT2D eigenvalue weighted by molar-refractivity contribution is -0.139. The molecule has 1 aliphatic heterocycles. The van der Waals surface area contributed by atoms with E-state index in [1.165, 1.54) is 0 Å². The molecule has 0 saturated heterocycles. The zero-order valence-corrected chi connectivity index (χ0v) is 15.1. The number of rotatable bonds is 6. The maximum absolute atomic E-state index is 11.9. The summed E-state index contributed by atoms with van der Waals surface area (Å²) in [5, 5.41) is 5.18. The van der Waals surface area contributed by atoms with E-state index < -0.39 is 11.8 Å². The lowest BCUT2D eigenvalue weighted by atomic mass is 10.1. The van der Waals surface area contributed by atoms with Gasteiger partial charge in [-0.05, 0) is 36.2 Å². The van der Waals surface area contributed by atoms with E-state index in [2.05, 4.69) is 10.6 Å². The van der Waals surface area contributed by atoms with Crippen molar-refractivity contribution in [3.63, 3.8) is 0 Å². The highest BCUT2D eigenvalue weighted by Crippen LogP contribution is 2.30. The highest BCUT2D eigenvalue weighted by atomic mass is 16.6. The van der Waals surface area contributed by atoms with Crippen molar-refractivity contribution in [1.29, 1.82) is 0 Å². The summed E-state index contributed by atoms with van der Waals surface area (Å²) in [7, 11) is 1.61. The van der Waals surface area contributed by atoms with Crippen LogP contribution in [-0.4, -0.2) is 44.7 Å². The molecule has 2 N–H and O–H groups in total. The second kappa shape index (κ2) is 8.93. The Morgan fingerprint density at radius 3 is 2.48 bits per heavy atom. The zero-order chi connectivity index (χ0) is 19.1. The average molecular weight is 370 g/mol. The van der Waals surface area contributed by atoms with E-state index in [9.17, 15) is 9.59 Å². The first-order valence-electron chi connectivity index (χ1n) is 8.73. The van der Waals surface area contributed by atoms with Gasteiger partial charge in [-0.1, -0.05) is 24.3 Å². The standard InChI is InChI=1S/C20H22N2O5/c1-25-15-8-6-14(7-9-15)10-11-21-19(23)20(24)22-12-16-13-26-17-4-2-3-5-18(17)27-16/h2-9,16H,10-13H2,1H3,(H,21,23)(H,22,24). The van der Waals surface area contributed by atoms with E-state index in [0.29, 0.717) is 31.1 Å². The van der Waals surface area contributed by atoms with Crippen molar-refractivity contribution in [2.45, 2.75) is 12.5 Å². The molecule has 1 atom stereocenters. The van der Waals surface area contributed by atoms with Gasteiger partial charge in [-0.2, -0.15) is 0 Å². The lowest BCUT2D eigenvalue weighted by Gasteiger charge is -2.26. The van der Waals surface area contributed by atoms with Gasteiger partial charge in [-0.25, -0.2) is 0 Å². The largest absolute Gasteiger partial charge is 0.497 e. The summed E-state index contributed by atoms with van der Waals surface area (Å²) in [6.45, 7) is 0.879. The Labute approximate surface area is 157 Å². The minimum Gasteiger partial charge on any atom is -0.497 e. The van der Waals surface area contributed by atoms with Gasteiger partial charge in [0.25, 0.3) is 0 Å². The van der Waals surface area contributed by atoms with Gasteiger partial charge in [0.2, 0.25) is 0 Å². The van der Waals surface area contributed by atoms with Crippen LogP contribution in [0.2, 0.25) is 0 Å². The van der Waals surface area contributed by atoms with Crippen molar-refractivity contribution in [2.75, 3.05) is 26.8 Å². The molecule has 1 aliphatic rings. The molecule has 0 aromatic heterocycles. The van der Waals surface area contributed by atoms with E-state index in [1.807, 2.05) is 42.5 Å². The Kier molecular flexibility index (Phi) is 6.14. The third-order valence-electron chi connectivity index (χ3n) is 4.12. The first-order valence-corrected chi connectivity index (χ1v) is 8.73. The minimum atomic E-state index is -0.688. The van der Waals surface area contributed by atoms with E-state index in [-0.39, 0.29) is 12.6 Å². The molecule has 142 valence electrons. The zero-order valence-electron chi connectivity index (χ0n) is 15.1. The van der Waals surface area contributed by atoms with Crippen LogP contribution in [0.3, 0.4) is 0 Å². The monoisotopic (exact) mass is 370 g/mol. The van der Waals surface area contributed by atoms with Crippen molar-refractivity contribution in [3.8, 4) is 17.2 Å². The number of para-hydroxylation sites is 2. The predicted octanol–water partition coefficient (Wildman–Crippen LogP) is 1.31. The van der Waals surface area contributed by atoms with Crippen molar-refractivity contribution < 1.29 is 23.8 Å². The fourth-order valence-electron chi connectivity index (χ4n) is 2.64. The molecule has 0 saturated carbocycles. The second-order valence-corrected chi connectivity index (χ2v) is 6.06. The van der Waals surface area contributed by atoms with Crippen LogP contribution in [0.5, 0.6) is 17.2 Å². The van der Waals surface area contributed by atoms with Crippen LogP contribution in [0, 0.1) is 0 Å². The molecule has 7 heteroatoms. The average Bonchev–Trinajstić information content (AvgIpc) is 2.72. The minimum absolute atomic E-state index is 0.194. The number of nitrogens with one attached hydrogen (secondary N) is 2. The Morgan fingerprint density at radius 1 is 1.04 bits per heavy atom. The Bertz CT molecular complexity index is 791. The maximum atomic E-state index is 11.9. The molecule has 1 heterocycles. The van der Waals surface area contributed by atoms with Crippen molar-refractivity contribution in [3.05, 3.63) is 54.1 Å². The van der Waals surface area contributed by atoms with Gasteiger partial charge in [-0.15, -0.1) is 0 Å². The van der Waals surface area contributed by atoms with Gasteiger partial charge in [0.15, 0.2) is 11.5 Å². The molecule has 0 spiro atoms. The summed E-state index contributed by atoms with van der Waals surface area (Å²) in [5.74, 6) is 0.731. The van der Waals surface area contributed by atoms with Crippen LogP contribution in [-0.2, 0) is 16.0 Å².